The zero-order valence-electron chi connectivity index (χ0n) is 9.97. The first kappa shape index (κ1) is 12.6. The average Bonchev–Trinajstić information content (AvgIpc) is 2.81. The number of hydrogen-bond donors (Lipinski definition) is 3. The van der Waals surface area contributed by atoms with Gasteiger partial charge in [-0.2, -0.15) is 0 Å². The van der Waals surface area contributed by atoms with E-state index in [2.05, 4.69) is 15.3 Å². The van der Waals surface area contributed by atoms with Gasteiger partial charge in [0, 0.05) is 12.6 Å². The number of carboxylic acid groups (broad SMARTS) is 1. The highest BCUT2D eigenvalue weighted by atomic mass is 16.5. The third-order valence-electron chi connectivity index (χ3n) is 3.03. The molecule has 1 aromatic rings. The van der Waals surface area contributed by atoms with E-state index in [9.17, 15) is 9.59 Å². The lowest BCUT2D eigenvalue weighted by Gasteiger charge is -2.29. The minimum Gasteiger partial charge on any atom is -0.477 e. The number of carbonyl (C=O) groups is 2. The summed E-state index contributed by atoms with van der Waals surface area (Å²) in [4.78, 5) is 29.0. The van der Waals surface area contributed by atoms with Gasteiger partial charge in [0.05, 0.1) is 12.9 Å². The Morgan fingerprint density at radius 1 is 1.61 bits per heavy atom. The van der Waals surface area contributed by atoms with E-state index in [1.54, 1.807) is 0 Å². The Kier molecular flexibility index (Phi) is 3.61. The molecule has 0 aromatic carbocycles. The number of carbonyl (C=O) groups excluding carboxylic acids is 1. The summed E-state index contributed by atoms with van der Waals surface area (Å²) in [5.74, 6) is -1.46. The molecule has 1 fully saturated rings. The van der Waals surface area contributed by atoms with Crippen molar-refractivity contribution in [3.8, 4) is 0 Å². The van der Waals surface area contributed by atoms with Gasteiger partial charge in [0.2, 0.25) is 0 Å². The maximum absolute atomic E-state index is 11.9. The predicted octanol–water partition coefficient (Wildman–Crippen LogP) is 0.263. The van der Waals surface area contributed by atoms with Crippen LogP contribution in [-0.4, -0.2) is 46.2 Å². The number of aromatic carboxylic acids is 1. The summed E-state index contributed by atoms with van der Waals surface area (Å²) in [7, 11) is 0. The molecule has 0 aliphatic carbocycles. The largest absolute Gasteiger partial charge is 0.477 e. The molecule has 0 radical (unpaired) electrons. The molecule has 0 bridgehead atoms. The first-order valence-corrected chi connectivity index (χ1v) is 5.75. The Balaban J connectivity index is 2.07. The first-order valence-electron chi connectivity index (χ1n) is 5.75. The second kappa shape index (κ2) is 5.18. The van der Waals surface area contributed by atoms with E-state index in [0.29, 0.717) is 13.2 Å². The van der Waals surface area contributed by atoms with E-state index in [0.717, 1.165) is 6.42 Å². The van der Waals surface area contributed by atoms with Gasteiger partial charge in [-0.1, -0.05) is 6.92 Å². The molecule has 0 saturated carbocycles. The van der Waals surface area contributed by atoms with Crippen molar-refractivity contribution in [3.05, 3.63) is 17.7 Å². The van der Waals surface area contributed by atoms with Crippen LogP contribution in [-0.2, 0) is 4.74 Å². The van der Waals surface area contributed by atoms with E-state index >= 15 is 0 Å². The van der Waals surface area contributed by atoms with Gasteiger partial charge in [-0.15, -0.1) is 0 Å². The number of aromatic nitrogens is 2. The lowest BCUT2D eigenvalue weighted by molar-refractivity contribution is 0.0373. The van der Waals surface area contributed by atoms with Gasteiger partial charge in [-0.3, -0.25) is 4.79 Å². The molecule has 98 valence electrons. The van der Waals surface area contributed by atoms with Gasteiger partial charge in [0.1, 0.15) is 0 Å². The summed E-state index contributed by atoms with van der Waals surface area (Å²) < 4.78 is 5.28. The quantitative estimate of drug-likeness (QED) is 0.717. The smallest absolute Gasteiger partial charge is 0.354 e. The normalized spacial score (nSPS) is 23.6. The van der Waals surface area contributed by atoms with Gasteiger partial charge in [0.15, 0.2) is 11.4 Å². The summed E-state index contributed by atoms with van der Waals surface area (Å²) in [6.07, 6.45) is 1.92. The molecule has 18 heavy (non-hydrogen) atoms. The average molecular weight is 253 g/mol. The van der Waals surface area contributed by atoms with Crippen LogP contribution in [0.2, 0.25) is 0 Å². The summed E-state index contributed by atoms with van der Waals surface area (Å²) in [6.45, 7) is 3.17. The van der Waals surface area contributed by atoms with Crippen molar-refractivity contribution in [1.29, 1.82) is 0 Å². The van der Waals surface area contributed by atoms with Gasteiger partial charge in [-0.25, -0.2) is 9.78 Å². The number of nitrogens with zero attached hydrogens (tertiary/aromatic N) is 1. The topological polar surface area (TPSA) is 104 Å². The van der Waals surface area contributed by atoms with Crippen LogP contribution in [0.1, 0.15) is 34.3 Å². The number of ether oxygens (including phenoxy) is 1. The first-order chi connectivity index (χ1) is 8.59. The molecule has 2 unspecified atom stereocenters. The number of H-pyrrole nitrogens is 1. The highest BCUT2D eigenvalue weighted by Gasteiger charge is 2.26. The maximum Gasteiger partial charge on any atom is 0.354 e. The number of aromatic amines is 1. The Morgan fingerprint density at radius 2 is 2.39 bits per heavy atom. The Hall–Kier alpha value is -1.89. The molecule has 2 heterocycles. The molecule has 1 amide bonds. The number of hydrogen-bond acceptors (Lipinski definition) is 4. The molecule has 7 heteroatoms. The minimum absolute atomic E-state index is 0.00963. The van der Waals surface area contributed by atoms with Crippen molar-refractivity contribution >= 4 is 11.9 Å². The van der Waals surface area contributed by atoms with Crippen molar-refractivity contribution in [3.63, 3.8) is 0 Å². The standard InChI is InChI=1S/C11H15N3O4/c1-6-4-18-3-2-7(6)14-10(15)8-9(11(16)17)13-5-12-8/h5-7H,2-4H2,1H3,(H,12,13)(H,14,15)(H,16,17). The third kappa shape index (κ3) is 2.51. The van der Waals surface area contributed by atoms with Crippen LogP contribution in [0.15, 0.2) is 6.33 Å². The lowest BCUT2D eigenvalue weighted by Crippen LogP contribution is -2.44. The second-order valence-electron chi connectivity index (χ2n) is 4.35. The van der Waals surface area contributed by atoms with Gasteiger partial charge in [0.25, 0.3) is 5.91 Å². The number of carboxylic acids is 1. The van der Waals surface area contributed by atoms with E-state index in [1.165, 1.54) is 6.33 Å². The van der Waals surface area contributed by atoms with Crippen LogP contribution in [0.3, 0.4) is 0 Å². The van der Waals surface area contributed by atoms with Crippen LogP contribution < -0.4 is 5.32 Å². The minimum atomic E-state index is -1.20. The van der Waals surface area contributed by atoms with Crippen LogP contribution in [0.5, 0.6) is 0 Å². The van der Waals surface area contributed by atoms with E-state index in [-0.39, 0.29) is 23.3 Å². The highest BCUT2D eigenvalue weighted by Crippen LogP contribution is 2.14. The Labute approximate surface area is 104 Å². The van der Waals surface area contributed by atoms with Crippen molar-refractivity contribution in [2.24, 2.45) is 5.92 Å². The summed E-state index contributed by atoms with van der Waals surface area (Å²) in [6, 6.07) is -0.00963. The van der Waals surface area contributed by atoms with Crippen molar-refractivity contribution in [1.82, 2.24) is 15.3 Å². The Bertz CT molecular complexity index is 457. The number of nitrogens with one attached hydrogen (secondary N) is 2. The van der Waals surface area contributed by atoms with Crippen LogP contribution in [0.25, 0.3) is 0 Å². The predicted molar refractivity (Wildman–Crippen MR) is 61.4 cm³/mol. The molecule has 1 aromatic heterocycles. The van der Waals surface area contributed by atoms with E-state index in [1.807, 2.05) is 6.92 Å². The highest BCUT2D eigenvalue weighted by molar-refractivity contribution is 6.02. The fraction of sp³-hybridized carbons (Fsp3) is 0.545. The molecule has 0 spiro atoms. The molecule has 1 aliphatic heterocycles. The van der Waals surface area contributed by atoms with Crippen molar-refractivity contribution in [2.75, 3.05) is 13.2 Å². The SMILES string of the molecule is CC1COCCC1NC(=O)c1nc[nH]c1C(=O)O. The molecule has 1 aliphatic rings. The number of amides is 1. The fourth-order valence-corrected chi connectivity index (χ4v) is 1.96. The zero-order valence-corrected chi connectivity index (χ0v) is 9.97. The lowest BCUT2D eigenvalue weighted by atomic mass is 9.98. The summed E-state index contributed by atoms with van der Waals surface area (Å²) in [5.41, 5.74) is -0.270. The van der Waals surface area contributed by atoms with Gasteiger partial charge < -0.3 is 20.1 Å². The van der Waals surface area contributed by atoms with E-state index in [4.69, 9.17) is 9.84 Å². The molecule has 2 atom stereocenters. The van der Waals surface area contributed by atoms with Gasteiger partial charge in [-0.05, 0) is 12.3 Å². The van der Waals surface area contributed by atoms with Crippen molar-refractivity contribution in [2.45, 2.75) is 19.4 Å². The molecular weight excluding hydrogens is 238 g/mol. The maximum atomic E-state index is 11.9. The summed E-state index contributed by atoms with van der Waals surface area (Å²) in [5, 5.41) is 11.7. The van der Waals surface area contributed by atoms with Crippen LogP contribution >= 0.6 is 0 Å². The molecule has 7 nitrogen and oxygen atoms in total. The molecular formula is C11H15N3O4. The third-order valence-corrected chi connectivity index (χ3v) is 3.03. The number of imidazole rings is 1. The fourth-order valence-electron chi connectivity index (χ4n) is 1.96. The van der Waals surface area contributed by atoms with Crippen LogP contribution in [0.4, 0.5) is 0 Å². The van der Waals surface area contributed by atoms with Crippen molar-refractivity contribution < 1.29 is 19.4 Å². The van der Waals surface area contributed by atoms with Gasteiger partial charge >= 0.3 is 5.97 Å². The second-order valence-corrected chi connectivity index (χ2v) is 4.35. The molecule has 1 saturated heterocycles. The summed E-state index contributed by atoms with van der Waals surface area (Å²) >= 11 is 0. The Morgan fingerprint density at radius 3 is 3.06 bits per heavy atom. The van der Waals surface area contributed by atoms with Crippen LogP contribution in [0, 0.1) is 5.92 Å². The molecule has 3 N–H and O–H groups in total. The van der Waals surface area contributed by atoms with E-state index < -0.39 is 11.9 Å². The zero-order chi connectivity index (χ0) is 13.1. The monoisotopic (exact) mass is 253 g/mol. The number of rotatable bonds is 3. The molecule has 2 rings (SSSR count).